The van der Waals surface area contributed by atoms with Crippen molar-refractivity contribution in [2.24, 2.45) is 7.05 Å². The van der Waals surface area contributed by atoms with E-state index in [0.29, 0.717) is 16.2 Å². The number of nitrogens with zero attached hydrogens (tertiary/aromatic N) is 5. The van der Waals surface area contributed by atoms with E-state index in [1.54, 1.807) is 7.05 Å². The smallest absolute Gasteiger partial charge is 0.264 e. The SMILES string of the molecule is Cn1ncc2c(=O)n(CC(=O)Nc3nc4c(ccc5ccccc54)s3)cnc21. The molecule has 0 unspecified atom stereocenters. The fraction of sp³-hybridized carbons (Fsp3) is 0.105. The zero-order valence-electron chi connectivity index (χ0n) is 14.8. The Morgan fingerprint density at radius 3 is 2.93 bits per heavy atom. The quantitative estimate of drug-likeness (QED) is 0.511. The molecule has 0 aliphatic carbocycles. The number of aromatic nitrogens is 5. The summed E-state index contributed by atoms with van der Waals surface area (Å²) in [4.78, 5) is 33.7. The standard InChI is InChI=1S/C19H14N6O2S/c1-24-17-13(8-21-24)18(27)25(10-20-17)9-15(26)22-19-23-16-12-5-3-2-4-11(12)6-7-14(16)28-19/h2-8,10H,9H2,1H3,(H,22,23,26). The van der Waals surface area contributed by atoms with E-state index in [-0.39, 0.29) is 18.0 Å². The summed E-state index contributed by atoms with van der Waals surface area (Å²) < 4.78 is 3.78. The van der Waals surface area contributed by atoms with E-state index in [1.807, 2.05) is 36.4 Å². The predicted octanol–water partition coefficient (Wildman–Crippen LogP) is 2.53. The van der Waals surface area contributed by atoms with Gasteiger partial charge in [-0.25, -0.2) is 9.97 Å². The number of nitrogens with one attached hydrogen (secondary N) is 1. The van der Waals surface area contributed by atoms with E-state index in [0.717, 1.165) is 21.0 Å². The number of hydrogen-bond acceptors (Lipinski definition) is 6. The minimum Gasteiger partial charge on any atom is -0.300 e. The van der Waals surface area contributed by atoms with Crippen LogP contribution in [0, 0.1) is 0 Å². The Morgan fingerprint density at radius 1 is 1.18 bits per heavy atom. The number of anilines is 1. The van der Waals surface area contributed by atoms with Crippen molar-refractivity contribution in [3.63, 3.8) is 0 Å². The normalized spacial score (nSPS) is 11.5. The van der Waals surface area contributed by atoms with Gasteiger partial charge in [-0.15, -0.1) is 0 Å². The summed E-state index contributed by atoms with van der Waals surface area (Å²) >= 11 is 1.40. The second-order valence-electron chi connectivity index (χ2n) is 6.38. The van der Waals surface area contributed by atoms with Gasteiger partial charge in [-0.2, -0.15) is 5.10 Å². The minimum atomic E-state index is -0.337. The highest BCUT2D eigenvalue weighted by atomic mass is 32.1. The number of aryl methyl sites for hydroxylation is 1. The average molecular weight is 390 g/mol. The summed E-state index contributed by atoms with van der Waals surface area (Å²) in [6.07, 6.45) is 2.81. The molecule has 8 nitrogen and oxygen atoms in total. The number of rotatable bonds is 3. The van der Waals surface area contributed by atoms with Crippen molar-refractivity contribution < 1.29 is 4.79 Å². The van der Waals surface area contributed by atoms with Gasteiger partial charge in [0.05, 0.1) is 16.4 Å². The van der Waals surface area contributed by atoms with Crippen LogP contribution in [0.4, 0.5) is 5.13 Å². The van der Waals surface area contributed by atoms with Crippen LogP contribution >= 0.6 is 11.3 Å². The molecule has 0 spiro atoms. The Bertz CT molecular complexity index is 1430. The van der Waals surface area contributed by atoms with E-state index in [1.165, 1.54) is 33.1 Å². The Kier molecular flexibility index (Phi) is 3.69. The van der Waals surface area contributed by atoms with Crippen LogP contribution in [0.5, 0.6) is 0 Å². The van der Waals surface area contributed by atoms with Crippen LogP contribution in [0.15, 0.2) is 53.7 Å². The first-order valence-electron chi connectivity index (χ1n) is 8.55. The fourth-order valence-electron chi connectivity index (χ4n) is 3.21. The lowest BCUT2D eigenvalue weighted by Gasteiger charge is -2.05. The highest BCUT2D eigenvalue weighted by Gasteiger charge is 2.13. The first kappa shape index (κ1) is 16.6. The fourth-order valence-corrected chi connectivity index (χ4v) is 4.11. The van der Waals surface area contributed by atoms with Gasteiger partial charge in [0.1, 0.15) is 18.3 Å². The van der Waals surface area contributed by atoms with Crippen molar-refractivity contribution in [3.8, 4) is 0 Å². The van der Waals surface area contributed by atoms with Crippen molar-refractivity contribution in [2.75, 3.05) is 5.32 Å². The van der Waals surface area contributed by atoms with Crippen molar-refractivity contribution in [3.05, 3.63) is 59.3 Å². The molecule has 28 heavy (non-hydrogen) atoms. The van der Waals surface area contributed by atoms with Crippen molar-refractivity contribution in [2.45, 2.75) is 6.54 Å². The average Bonchev–Trinajstić information content (AvgIpc) is 3.27. The van der Waals surface area contributed by atoms with Crippen molar-refractivity contribution in [1.29, 1.82) is 0 Å². The summed E-state index contributed by atoms with van der Waals surface area (Å²) in [5.74, 6) is -0.337. The Balaban J connectivity index is 1.43. The molecule has 138 valence electrons. The van der Waals surface area contributed by atoms with Crippen LogP contribution in [-0.2, 0) is 18.4 Å². The molecule has 5 aromatic rings. The van der Waals surface area contributed by atoms with E-state index in [4.69, 9.17) is 0 Å². The topological polar surface area (TPSA) is 94.7 Å². The van der Waals surface area contributed by atoms with Crippen molar-refractivity contribution in [1.82, 2.24) is 24.3 Å². The van der Waals surface area contributed by atoms with Gasteiger partial charge >= 0.3 is 0 Å². The van der Waals surface area contributed by atoms with Crippen LogP contribution in [0.3, 0.4) is 0 Å². The number of hydrogen-bond donors (Lipinski definition) is 1. The van der Waals surface area contributed by atoms with Crippen LogP contribution < -0.4 is 10.9 Å². The van der Waals surface area contributed by atoms with Gasteiger partial charge in [0.15, 0.2) is 10.8 Å². The molecular weight excluding hydrogens is 376 g/mol. The summed E-state index contributed by atoms with van der Waals surface area (Å²) in [6, 6.07) is 12.0. The van der Waals surface area contributed by atoms with Gasteiger partial charge < -0.3 is 5.32 Å². The summed E-state index contributed by atoms with van der Waals surface area (Å²) in [7, 11) is 1.71. The number of amides is 1. The number of fused-ring (bicyclic) bond motifs is 4. The zero-order chi connectivity index (χ0) is 19.3. The molecule has 3 heterocycles. The largest absolute Gasteiger partial charge is 0.300 e. The Labute approximate surface area is 162 Å². The summed E-state index contributed by atoms with van der Waals surface area (Å²) in [6.45, 7) is -0.145. The molecule has 1 amide bonds. The molecule has 0 radical (unpaired) electrons. The molecule has 0 saturated heterocycles. The monoisotopic (exact) mass is 390 g/mol. The van der Waals surface area contributed by atoms with E-state index in [2.05, 4.69) is 20.4 Å². The van der Waals surface area contributed by atoms with E-state index >= 15 is 0 Å². The third-order valence-corrected chi connectivity index (χ3v) is 5.50. The predicted molar refractivity (Wildman–Crippen MR) is 109 cm³/mol. The van der Waals surface area contributed by atoms with Gasteiger partial charge in [0.25, 0.3) is 5.56 Å². The lowest BCUT2D eigenvalue weighted by molar-refractivity contribution is -0.116. The minimum absolute atomic E-state index is 0.145. The third-order valence-electron chi connectivity index (χ3n) is 4.56. The maximum absolute atomic E-state index is 12.5. The molecule has 0 saturated carbocycles. The Hall–Kier alpha value is -3.59. The highest BCUT2D eigenvalue weighted by Crippen LogP contribution is 2.31. The maximum Gasteiger partial charge on any atom is 0.264 e. The third kappa shape index (κ3) is 2.64. The summed E-state index contributed by atoms with van der Waals surface area (Å²) in [5, 5.41) is 9.83. The molecule has 2 aromatic carbocycles. The molecule has 0 aliphatic heterocycles. The molecule has 1 N–H and O–H groups in total. The summed E-state index contributed by atoms with van der Waals surface area (Å²) in [5.41, 5.74) is 1.04. The van der Waals surface area contributed by atoms with Crippen LogP contribution in [-0.4, -0.2) is 30.2 Å². The number of thiazole rings is 1. The molecule has 0 aliphatic rings. The van der Waals surface area contributed by atoms with Crippen LogP contribution in [0.2, 0.25) is 0 Å². The first-order valence-corrected chi connectivity index (χ1v) is 9.37. The second-order valence-corrected chi connectivity index (χ2v) is 7.41. The van der Waals surface area contributed by atoms with Gasteiger partial charge in [0, 0.05) is 12.4 Å². The lowest BCUT2D eigenvalue weighted by Crippen LogP contribution is -2.27. The van der Waals surface area contributed by atoms with Gasteiger partial charge in [-0.1, -0.05) is 41.7 Å². The molecule has 0 atom stereocenters. The van der Waals surface area contributed by atoms with E-state index in [9.17, 15) is 9.59 Å². The first-order chi connectivity index (χ1) is 13.6. The molecule has 0 fully saturated rings. The van der Waals surface area contributed by atoms with Gasteiger partial charge in [0.2, 0.25) is 5.91 Å². The molecule has 0 bridgehead atoms. The maximum atomic E-state index is 12.5. The van der Waals surface area contributed by atoms with E-state index < -0.39 is 0 Å². The number of carbonyl (C=O) groups excluding carboxylic acids is 1. The van der Waals surface area contributed by atoms with Crippen LogP contribution in [0.25, 0.3) is 32.0 Å². The molecule has 3 aromatic heterocycles. The highest BCUT2D eigenvalue weighted by molar-refractivity contribution is 7.22. The molecule has 5 rings (SSSR count). The molecule has 9 heteroatoms. The Morgan fingerprint density at radius 2 is 2.04 bits per heavy atom. The van der Waals surface area contributed by atoms with Gasteiger partial charge in [-0.3, -0.25) is 18.8 Å². The lowest BCUT2D eigenvalue weighted by atomic mass is 10.1. The molecular formula is C19H14N6O2S. The van der Waals surface area contributed by atoms with Crippen molar-refractivity contribution >= 4 is 54.4 Å². The van der Waals surface area contributed by atoms with Gasteiger partial charge in [-0.05, 0) is 11.5 Å². The second kappa shape index (κ2) is 6.24. The number of carbonyl (C=O) groups is 1. The zero-order valence-corrected chi connectivity index (χ0v) is 15.6. The number of benzene rings is 2. The van der Waals surface area contributed by atoms with Crippen LogP contribution in [0.1, 0.15) is 0 Å².